The van der Waals surface area contributed by atoms with Gasteiger partial charge in [0.1, 0.15) is 0 Å². The van der Waals surface area contributed by atoms with Gasteiger partial charge in [-0.1, -0.05) is 146 Å². The summed E-state index contributed by atoms with van der Waals surface area (Å²) in [5.74, 6) is -50.2. The van der Waals surface area contributed by atoms with Gasteiger partial charge in [0.05, 0.1) is 89.0 Å². The number of carboxylic acids is 16. The van der Waals surface area contributed by atoms with Crippen LogP contribution in [0.3, 0.4) is 0 Å². The van der Waals surface area contributed by atoms with Gasteiger partial charge in [0, 0.05) is 66.8 Å². The maximum absolute atomic E-state index is 15.7. The Kier molecular flexibility index (Phi) is 21.7. The second-order valence-electron chi connectivity index (χ2n) is 24.2. The third-order valence-electron chi connectivity index (χ3n) is 17.9. The van der Waals surface area contributed by atoms with Crippen LogP contribution in [-0.2, 0) is 0 Å². The van der Waals surface area contributed by atoms with Crippen molar-refractivity contribution in [3.63, 3.8) is 0 Å². The SMILES string of the molecule is O=C(O)c1c(C(=O)O)c(C(=O)O)c(-c2ccc(-c3ccc(-c4c(C(=O)O)c(C(=O)O)c(C(=O)O)c(C(=O)O)c4C(=O)c4ccccc4)c(-c4c(C(=O)O)c(C(=O)O)c(C(=O)O)c(C(=O)O)c4C(=O)c4ccccc4)c3)cc2-c2c(C(=O)O)c(C(=O)O)c(C(=O)O)c(C(=O)O)c2C(=O)c2ccccc2)c(C(=O)c2ccccc2)c1C(=O)O. The van der Waals surface area contributed by atoms with Gasteiger partial charge in [0.2, 0.25) is 0 Å². The van der Waals surface area contributed by atoms with E-state index in [-0.39, 0.29) is 0 Å². The number of carboxylic acid groups (broad SMARTS) is 16. The highest BCUT2D eigenvalue weighted by Gasteiger charge is 2.47. The van der Waals surface area contributed by atoms with Crippen LogP contribution in [0.4, 0.5) is 0 Å². The molecule has 0 bridgehead atoms. The molecule has 0 heterocycles. The van der Waals surface area contributed by atoms with Crippen LogP contribution in [0.25, 0.3) is 55.6 Å². The lowest BCUT2D eigenvalue weighted by Gasteiger charge is -2.26. The van der Waals surface area contributed by atoms with E-state index in [4.69, 9.17) is 0 Å². The molecule has 0 fully saturated rings. The largest absolute Gasteiger partial charge is 0.478 e. The van der Waals surface area contributed by atoms with Crippen molar-refractivity contribution in [1.82, 2.24) is 0 Å². The monoisotopic (exact) mass is 1580 g/mol. The van der Waals surface area contributed by atoms with Gasteiger partial charge in [0.15, 0.2) is 23.1 Å². The summed E-state index contributed by atoms with van der Waals surface area (Å²) in [5.41, 5.74) is -58.3. The number of benzene rings is 10. The van der Waals surface area contributed by atoms with E-state index in [1.807, 2.05) is 0 Å². The van der Waals surface area contributed by atoms with Crippen LogP contribution >= 0.6 is 0 Å². The maximum Gasteiger partial charge on any atom is 0.337 e. The molecule has 0 saturated heterocycles. The number of carbonyl (C=O) groups is 20. The summed E-state index contributed by atoms with van der Waals surface area (Å²) >= 11 is 0. The third kappa shape index (κ3) is 13.8. The predicted octanol–water partition coefficient (Wildman–Crippen LogP) is 10.1. The summed E-state index contributed by atoms with van der Waals surface area (Å²) in [7, 11) is 0. The first kappa shape index (κ1) is 80.9. The number of carbonyl (C=O) groups excluding carboxylic acids is 4. The van der Waals surface area contributed by atoms with Gasteiger partial charge in [-0.2, -0.15) is 0 Å². The topological polar surface area (TPSA) is 665 Å². The Morgan fingerprint density at radius 1 is 0.147 bits per heavy atom. The van der Waals surface area contributed by atoms with Crippen LogP contribution < -0.4 is 0 Å². The number of hydrogen-bond donors (Lipinski definition) is 16. The molecule has 116 heavy (non-hydrogen) atoms. The van der Waals surface area contributed by atoms with Gasteiger partial charge in [-0.3, -0.25) is 19.2 Å². The zero-order valence-corrected chi connectivity index (χ0v) is 57.3. The smallest absolute Gasteiger partial charge is 0.337 e. The summed E-state index contributed by atoms with van der Waals surface area (Å²) in [6.07, 6.45) is 0. The van der Waals surface area contributed by atoms with Crippen LogP contribution in [0.15, 0.2) is 158 Å². The van der Waals surface area contributed by atoms with E-state index in [1.165, 1.54) is 24.3 Å². The normalized spacial score (nSPS) is 10.8. The summed E-state index contributed by atoms with van der Waals surface area (Å²) < 4.78 is 0. The molecule has 0 spiro atoms. The number of rotatable bonds is 29. The van der Waals surface area contributed by atoms with Gasteiger partial charge in [0.25, 0.3) is 0 Å². The van der Waals surface area contributed by atoms with E-state index < -0.39 is 308 Å². The molecule has 0 saturated carbocycles. The fourth-order valence-corrected chi connectivity index (χ4v) is 13.6. The molecule has 36 heteroatoms. The van der Waals surface area contributed by atoms with Crippen molar-refractivity contribution in [2.24, 2.45) is 0 Å². The van der Waals surface area contributed by atoms with Crippen LogP contribution in [0.2, 0.25) is 0 Å². The molecule has 10 aromatic rings. The average Bonchev–Trinajstić information content (AvgIpc) is 0.716. The number of ketones is 4. The van der Waals surface area contributed by atoms with Crippen molar-refractivity contribution >= 4 is 119 Å². The van der Waals surface area contributed by atoms with E-state index in [2.05, 4.69) is 0 Å². The standard InChI is InChI=1S/C80H42O36/c81-61(27-13-5-1-6-14-27)41-37(45(65(85)86)53(73(101)102)57(77(109)110)49(41)69(93)94)33-23-21-31(25-35(33)39-43(63(83)29-17-9-3-10-18-29)51(71(97)98)59(79(113)114)55(75(105)106)47(39)67(89)90)32-22-24-34(38-42(62(82)28-15-7-2-8-16-28)50(70(95)96)58(78(111)112)54(74(103)104)46(38)66(87)88)36(26-32)40-44(64(84)30-19-11-4-12-20-30)52(72(99)100)60(80(115)116)56(76(107)108)48(40)68(91)92/h1-26H,(H,85,86)(H,87,88)(H,89,90)(H,91,92)(H,93,94)(H,95,96)(H,97,98)(H,99,100)(H,101,102)(H,103,104)(H,105,106)(H,107,108)(H,109,110)(H,111,112)(H,113,114)(H,115,116). The lowest BCUT2D eigenvalue weighted by Crippen LogP contribution is -2.26. The molecule has 16 N–H and O–H groups in total. The van der Waals surface area contributed by atoms with Crippen molar-refractivity contribution < 1.29 is 178 Å². The Bertz CT molecular complexity index is 5900. The Hall–Kier alpha value is -17.6. The van der Waals surface area contributed by atoms with E-state index in [9.17, 15) is 158 Å². The molecule has 0 aliphatic heterocycles. The predicted molar refractivity (Wildman–Crippen MR) is 384 cm³/mol. The number of hydrogen-bond acceptors (Lipinski definition) is 20. The second-order valence-corrected chi connectivity index (χ2v) is 24.2. The van der Waals surface area contributed by atoms with E-state index in [1.54, 1.807) is 0 Å². The van der Waals surface area contributed by atoms with Gasteiger partial charge in [-0.15, -0.1) is 0 Å². The summed E-state index contributed by atoms with van der Waals surface area (Å²) in [4.78, 5) is 285. The minimum atomic E-state index is -2.74. The van der Waals surface area contributed by atoms with Crippen molar-refractivity contribution in [3.05, 3.63) is 291 Å². The molecule has 0 aliphatic carbocycles. The maximum atomic E-state index is 15.7. The molecule has 0 amide bonds. The Morgan fingerprint density at radius 2 is 0.284 bits per heavy atom. The summed E-state index contributed by atoms with van der Waals surface area (Å²) in [6, 6.07) is 22.5. The second kappa shape index (κ2) is 31.2. The molecular formula is C80H42O36. The zero-order valence-electron chi connectivity index (χ0n) is 57.3. The molecule has 10 rings (SSSR count). The highest BCUT2D eigenvalue weighted by atomic mass is 16.4. The first-order valence-corrected chi connectivity index (χ1v) is 32.0. The minimum Gasteiger partial charge on any atom is -0.478 e. The molecule has 0 aliphatic rings. The summed E-state index contributed by atoms with van der Waals surface area (Å²) in [6.45, 7) is 0. The molecule has 36 nitrogen and oxygen atoms in total. The highest BCUT2D eigenvalue weighted by molar-refractivity contribution is 6.33. The Morgan fingerprint density at radius 3 is 0.440 bits per heavy atom. The van der Waals surface area contributed by atoms with Gasteiger partial charge >= 0.3 is 95.5 Å². The third-order valence-corrected chi connectivity index (χ3v) is 17.9. The van der Waals surface area contributed by atoms with E-state index >= 15 is 19.2 Å². The van der Waals surface area contributed by atoms with E-state index in [0.717, 1.165) is 97.1 Å². The Balaban J connectivity index is 1.65. The molecule has 0 aromatic heterocycles. The van der Waals surface area contributed by atoms with Gasteiger partial charge < -0.3 is 81.7 Å². The van der Waals surface area contributed by atoms with Crippen LogP contribution in [0.5, 0.6) is 0 Å². The average molecular weight is 1580 g/mol. The fourth-order valence-electron chi connectivity index (χ4n) is 13.6. The zero-order chi connectivity index (χ0) is 85.6. The lowest BCUT2D eigenvalue weighted by atomic mass is 9.74. The minimum absolute atomic E-state index is 0.316. The molecule has 0 radical (unpaired) electrons. The highest BCUT2D eigenvalue weighted by Crippen LogP contribution is 2.51. The number of aromatic carboxylic acids is 16. The van der Waals surface area contributed by atoms with Gasteiger partial charge in [-0.25, -0.2) is 76.7 Å². The molecule has 10 aromatic carbocycles. The van der Waals surface area contributed by atoms with Crippen LogP contribution in [-0.4, -0.2) is 200 Å². The molecule has 0 atom stereocenters. The van der Waals surface area contributed by atoms with Crippen LogP contribution in [0, 0.1) is 0 Å². The van der Waals surface area contributed by atoms with Crippen molar-refractivity contribution in [3.8, 4) is 55.6 Å². The molecule has 578 valence electrons. The first-order valence-electron chi connectivity index (χ1n) is 32.0. The van der Waals surface area contributed by atoms with Crippen molar-refractivity contribution in [2.75, 3.05) is 0 Å². The fraction of sp³-hybridized carbons (Fsp3) is 0. The van der Waals surface area contributed by atoms with Crippen molar-refractivity contribution in [2.45, 2.75) is 0 Å². The first-order chi connectivity index (χ1) is 54.6. The van der Waals surface area contributed by atoms with E-state index in [0.29, 0.717) is 36.4 Å². The Labute approximate surface area is 640 Å². The summed E-state index contributed by atoms with van der Waals surface area (Å²) in [5, 5.41) is 179. The van der Waals surface area contributed by atoms with Crippen LogP contribution in [0.1, 0.15) is 229 Å². The lowest BCUT2D eigenvalue weighted by molar-refractivity contribution is 0.0618. The molecular weight excluding hydrogens is 1540 g/mol. The van der Waals surface area contributed by atoms with Crippen molar-refractivity contribution in [1.29, 1.82) is 0 Å². The molecule has 0 unspecified atom stereocenters. The van der Waals surface area contributed by atoms with Gasteiger partial charge in [-0.05, 0) is 45.5 Å². The quantitative estimate of drug-likeness (QED) is 0.0194.